The highest BCUT2D eigenvalue weighted by Gasteiger charge is 2.35. The maximum Gasteiger partial charge on any atom is 0.230 e. The second-order valence-corrected chi connectivity index (χ2v) is 7.70. The van der Waals surface area contributed by atoms with Crippen molar-refractivity contribution in [2.24, 2.45) is 5.92 Å². The largest absolute Gasteiger partial charge is 0.345 e. The summed E-state index contributed by atoms with van der Waals surface area (Å²) < 4.78 is 0. The summed E-state index contributed by atoms with van der Waals surface area (Å²) in [7, 11) is 4.10. The Bertz CT molecular complexity index is 659. The van der Waals surface area contributed by atoms with Gasteiger partial charge in [-0.1, -0.05) is 12.1 Å². The first-order valence-electron chi connectivity index (χ1n) is 8.46. The number of likely N-dealkylation sites (N-methyl/N-ethyl adjacent to an activating group) is 1. The van der Waals surface area contributed by atoms with E-state index in [-0.39, 0.29) is 11.8 Å². The molecule has 0 spiro atoms. The number of hydrogen-bond donors (Lipinski definition) is 0. The topological polar surface area (TPSA) is 36.4 Å². The lowest BCUT2D eigenvalue weighted by molar-refractivity contribution is -0.131. The van der Waals surface area contributed by atoms with E-state index in [9.17, 15) is 4.79 Å². The SMILES string of the molecule is C[C@H](C(=O)N(C)C[C@@H]1CCN(C)[C@H]1c1cccnc1)c1cccs1. The quantitative estimate of drug-likeness (QED) is 0.835. The summed E-state index contributed by atoms with van der Waals surface area (Å²) in [6, 6.07) is 8.53. The smallest absolute Gasteiger partial charge is 0.230 e. The maximum absolute atomic E-state index is 12.8. The van der Waals surface area contributed by atoms with Gasteiger partial charge in [0.1, 0.15) is 0 Å². The van der Waals surface area contributed by atoms with Crippen molar-refractivity contribution in [3.05, 3.63) is 52.5 Å². The van der Waals surface area contributed by atoms with Crippen LogP contribution >= 0.6 is 11.3 Å². The molecular weight excluding hydrogens is 318 g/mol. The lowest BCUT2D eigenvalue weighted by Gasteiger charge is -2.29. The van der Waals surface area contributed by atoms with Crippen molar-refractivity contribution in [1.82, 2.24) is 14.8 Å². The van der Waals surface area contributed by atoms with Crippen molar-refractivity contribution in [2.75, 3.05) is 27.2 Å². The van der Waals surface area contributed by atoms with Gasteiger partial charge >= 0.3 is 0 Å². The third-order valence-electron chi connectivity index (χ3n) is 5.02. The van der Waals surface area contributed by atoms with Crippen LogP contribution in [0, 0.1) is 5.92 Å². The molecule has 1 saturated heterocycles. The van der Waals surface area contributed by atoms with Crippen LogP contribution in [0.3, 0.4) is 0 Å². The number of thiophene rings is 1. The molecule has 5 heteroatoms. The molecule has 2 aromatic heterocycles. The minimum absolute atomic E-state index is 0.0639. The third kappa shape index (κ3) is 3.52. The Morgan fingerprint density at radius 2 is 2.29 bits per heavy atom. The highest BCUT2D eigenvalue weighted by atomic mass is 32.1. The molecule has 24 heavy (non-hydrogen) atoms. The molecule has 1 amide bonds. The molecular formula is C19H25N3OS. The normalized spacial score (nSPS) is 22.5. The van der Waals surface area contributed by atoms with Crippen molar-refractivity contribution < 1.29 is 4.79 Å². The van der Waals surface area contributed by atoms with Crippen LogP contribution in [0.4, 0.5) is 0 Å². The van der Waals surface area contributed by atoms with Crippen LogP contribution in [0.25, 0.3) is 0 Å². The van der Waals surface area contributed by atoms with Gasteiger partial charge in [-0.25, -0.2) is 0 Å². The fourth-order valence-corrected chi connectivity index (χ4v) is 4.50. The van der Waals surface area contributed by atoms with Crippen LogP contribution in [0.1, 0.15) is 35.7 Å². The van der Waals surface area contributed by atoms with E-state index in [1.807, 2.05) is 54.8 Å². The number of nitrogens with zero attached hydrogens (tertiary/aromatic N) is 3. The Labute approximate surface area is 148 Å². The Hall–Kier alpha value is -1.72. The van der Waals surface area contributed by atoms with Gasteiger partial charge in [-0.15, -0.1) is 11.3 Å². The van der Waals surface area contributed by atoms with Crippen LogP contribution in [0.15, 0.2) is 42.0 Å². The monoisotopic (exact) mass is 343 g/mol. The molecule has 3 rings (SSSR count). The number of aromatic nitrogens is 1. The lowest BCUT2D eigenvalue weighted by atomic mass is 9.94. The number of likely N-dealkylation sites (tertiary alicyclic amines) is 1. The Balaban J connectivity index is 1.69. The van der Waals surface area contributed by atoms with E-state index in [0.717, 1.165) is 24.4 Å². The number of amides is 1. The van der Waals surface area contributed by atoms with Crippen molar-refractivity contribution in [2.45, 2.75) is 25.3 Å². The van der Waals surface area contributed by atoms with E-state index >= 15 is 0 Å². The van der Waals surface area contributed by atoms with Crippen LogP contribution in [0.2, 0.25) is 0 Å². The number of pyridine rings is 1. The minimum atomic E-state index is -0.0639. The van der Waals surface area contributed by atoms with Gasteiger partial charge in [0.05, 0.1) is 5.92 Å². The molecule has 2 aromatic rings. The molecule has 1 fully saturated rings. The Morgan fingerprint density at radius 3 is 2.96 bits per heavy atom. The summed E-state index contributed by atoms with van der Waals surface area (Å²) in [4.78, 5) is 22.5. The molecule has 0 aromatic carbocycles. The molecule has 128 valence electrons. The molecule has 0 radical (unpaired) electrons. The Kier molecular flexibility index (Phi) is 5.31. The molecule has 0 bridgehead atoms. The summed E-state index contributed by atoms with van der Waals surface area (Å²) in [5.74, 6) is 0.589. The van der Waals surface area contributed by atoms with E-state index in [1.54, 1.807) is 11.3 Å². The van der Waals surface area contributed by atoms with Gasteiger partial charge < -0.3 is 4.90 Å². The third-order valence-corrected chi connectivity index (χ3v) is 6.08. The molecule has 0 N–H and O–H groups in total. The number of rotatable bonds is 5. The summed E-state index contributed by atoms with van der Waals surface area (Å²) in [5, 5.41) is 2.03. The average molecular weight is 343 g/mol. The molecule has 3 atom stereocenters. The minimum Gasteiger partial charge on any atom is -0.345 e. The predicted octanol–water partition coefficient (Wildman–Crippen LogP) is 3.40. The number of carbonyl (C=O) groups excluding carboxylic acids is 1. The first-order chi connectivity index (χ1) is 11.6. The molecule has 3 heterocycles. The number of hydrogen-bond acceptors (Lipinski definition) is 4. The Morgan fingerprint density at radius 1 is 1.46 bits per heavy atom. The molecule has 0 aliphatic carbocycles. The lowest BCUT2D eigenvalue weighted by Crippen LogP contribution is -2.36. The fraction of sp³-hybridized carbons (Fsp3) is 0.474. The maximum atomic E-state index is 12.8. The first-order valence-corrected chi connectivity index (χ1v) is 9.34. The van der Waals surface area contributed by atoms with Crippen molar-refractivity contribution in [1.29, 1.82) is 0 Å². The van der Waals surface area contributed by atoms with E-state index in [4.69, 9.17) is 0 Å². The van der Waals surface area contributed by atoms with Crippen molar-refractivity contribution in [3.63, 3.8) is 0 Å². The van der Waals surface area contributed by atoms with E-state index < -0.39 is 0 Å². The van der Waals surface area contributed by atoms with Crippen LogP contribution in [-0.4, -0.2) is 47.9 Å². The number of carbonyl (C=O) groups is 1. The molecule has 1 aliphatic heterocycles. The van der Waals surface area contributed by atoms with Crippen molar-refractivity contribution >= 4 is 17.2 Å². The van der Waals surface area contributed by atoms with Gasteiger partial charge in [0.2, 0.25) is 5.91 Å². The van der Waals surface area contributed by atoms with Gasteiger partial charge in [-0.05, 0) is 55.9 Å². The summed E-state index contributed by atoms with van der Waals surface area (Å²) in [5.41, 5.74) is 1.25. The van der Waals surface area contributed by atoms with Gasteiger partial charge in [0.15, 0.2) is 0 Å². The molecule has 0 unspecified atom stereocenters. The first kappa shape index (κ1) is 17.1. The zero-order chi connectivity index (χ0) is 17.1. The average Bonchev–Trinajstić information content (AvgIpc) is 3.24. The second kappa shape index (κ2) is 7.45. The van der Waals surface area contributed by atoms with Crippen molar-refractivity contribution in [3.8, 4) is 0 Å². The molecule has 1 aliphatic rings. The van der Waals surface area contributed by atoms with E-state index in [2.05, 4.69) is 23.0 Å². The standard InChI is InChI=1S/C19H25N3OS/c1-14(17-7-5-11-24-17)19(23)22(3)13-16-8-10-21(2)18(16)15-6-4-9-20-12-15/h4-7,9,11-12,14,16,18H,8,10,13H2,1-3H3/t14-,16-,18-/m0/s1. The zero-order valence-electron chi connectivity index (χ0n) is 14.6. The zero-order valence-corrected chi connectivity index (χ0v) is 15.4. The summed E-state index contributed by atoms with van der Waals surface area (Å²) in [6.45, 7) is 3.86. The molecule has 0 saturated carbocycles. The molecule has 4 nitrogen and oxygen atoms in total. The summed E-state index contributed by atoms with van der Waals surface area (Å²) >= 11 is 1.65. The highest BCUT2D eigenvalue weighted by molar-refractivity contribution is 7.10. The van der Waals surface area contributed by atoms with E-state index in [0.29, 0.717) is 12.0 Å². The van der Waals surface area contributed by atoms with Gasteiger partial charge in [0, 0.05) is 36.9 Å². The predicted molar refractivity (Wildman–Crippen MR) is 98.1 cm³/mol. The van der Waals surface area contributed by atoms with Gasteiger partial charge in [0.25, 0.3) is 0 Å². The highest BCUT2D eigenvalue weighted by Crippen LogP contribution is 2.36. The van der Waals surface area contributed by atoms with Crippen LogP contribution in [0.5, 0.6) is 0 Å². The summed E-state index contributed by atoms with van der Waals surface area (Å²) in [6.07, 6.45) is 4.88. The van der Waals surface area contributed by atoms with E-state index in [1.165, 1.54) is 5.56 Å². The van der Waals surface area contributed by atoms with Crippen LogP contribution < -0.4 is 0 Å². The van der Waals surface area contributed by atoms with Crippen LogP contribution in [-0.2, 0) is 4.79 Å². The second-order valence-electron chi connectivity index (χ2n) is 6.72. The fourth-order valence-electron chi connectivity index (χ4n) is 3.73. The van der Waals surface area contributed by atoms with Gasteiger partial charge in [-0.2, -0.15) is 0 Å². The van der Waals surface area contributed by atoms with Gasteiger partial charge in [-0.3, -0.25) is 14.7 Å².